The third kappa shape index (κ3) is 3.49. The third-order valence-electron chi connectivity index (χ3n) is 2.60. The lowest BCUT2D eigenvalue weighted by molar-refractivity contribution is -0.389. The van der Waals surface area contributed by atoms with Crippen LogP contribution in [-0.2, 0) is 10.0 Å². The number of hydrogen-bond acceptors (Lipinski definition) is 6. The fraction of sp³-hybridized carbons (Fsp3) is 0.455. The first-order chi connectivity index (χ1) is 9.32. The Morgan fingerprint density at radius 3 is 2.60 bits per heavy atom. The van der Waals surface area contributed by atoms with Crippen molar-refractivity contribution in [3.63, 3.8) is 0 Å². The zero-order valence-electron chi connectivity index (χ0n) is 11.1. The van der Waals surface area contributed by atoms with E-state index in [0.717, 1.165) is 22.6 Å². The number of rotatable bonds is 6. The maximum Gasteiger partial charge on any atom is 0.363 e. The van der Waals surface area contributed by atoms with Crippen LogP contribution < -0.4 is 0 Å². The fourth-order valence-corrected chi connectivity index (χ4v) is 3.01. The summed E-state index contributed by atoms with van der Waals surface area (Å²) in [5.74, 6) is -0.867. The minimum atomic E-state index is -3.80. The van der Waals surface area contributed by atoms with Gasteiger partial charge in [0.15, 0.2) is 6.20 Å². The van der Waals surface area contributed by atoms with Gasteiger partial charge in [-0.3, -0.25) is 0 Å². The molecule has 0 radical (unpaired) electrons. The Kier molecular flexibility index (Phi) is 5.12. The Labute approximate surface area is 116 Å². The second kappa shape index (κ2) is 6.40. The summed E-state index contributed by atoms with van der Waals surface area (Å²) in [6, 6.07) is 4.14. The van der Waals surface area contributed by atoms with Crippen molar-refractivity contribution >= 4 is 15.8 Å². The van der Waals surface area contributed by atoms with Gasteiger partial charge in [0, 0.05) is 19.2 Å². The molecule has 0 amide bonds. The van der Waals surface area contributed by atoms with E-state index in [1.165, 1.54) is 0 Å². The molecule has 0 N–H and O–H groups in total. The maximum atomic E-state index is 12.3. The highest BCUT2D eigenvalue weighted by Crippen LogP contribution is 2.18. The summed E-state index contributed by atoms with van der Waals surface area (Å²) in [5, 5.41) is 19.2. The average molecular weight is 298 g/mol. The van der Waals surface area contributed by atoms with Crippen LogP contribution in [0.15, 0.2) is 23.2 Å². The van der Waals surface area contributed by atoms with E-state index in [1.807, 2.05) is 6.07 Å². The van der Waals surface area contributed by atoms with Crippen LogP contribution in [0, 0.1) is 27.4 Å². The van der Waals surface area contributed by atoms with Gasteiger partial charge in [0.1, 0.15) is 4.90 Å². The molecule has 0 saturated heterocycles. The van der Waals surface area contributed by atoms with Gasteiger partial charge >= 0.3 is 5.82 Å². The molecule has 0 fully saturated rings. The maximum absolute atomic E-state index is 12.3. The summed E-state index contributed by atoms with van der Waals surface area (Å²) in [5.41, 5.74) is 0. The summed E-state index contributed by atoms with van der Waals surface area (Å²) >= 11 is 0. The molecule has 9 heteroatoms. The predicted molar refractivity (Wildman–Crippen MR) is 70.1 cm³/mol. The molecular weight excluding hydrogens is 284 g/mol. The largest absolute Gasteiger partial charge is 0.363 e. The topological polar surface area (TPSA) is 117 Å². The highest BCUT2D eigenvalue weighted by atomic mass is 32.2. The number of nitrogens with zero attached hydrogens (tertiary/aromatic N) is 4. The molecule has 1 atom stereocenters. The van der Waals surface area contributed by atoms with Gasteiger partial charge in [0.2, 0.25) is 10.0 Å². The average Bonchev–Trinajstić information content (AvgIpc) is 2.44. The lowest BCUT2D eigenvalue weighted by Gasteiger charge is -2.20. The van der Waals surface area contributed by atoms with Crippen LogP contribution in [0.25, 0.3) is 0 Å². The Bertz CT molecular complexity index is 621. The predicted octanol–water partition coefficient (Wildman–Crippen LogP) is 1.16. The van der Waals surface area contributed by atoms with Crippen LogP contribution in [0.1, 0.15) is 13.8 Å². The summed E-state index contributed by atoms with van der Waals surface area (Å²) < 4.78 is 25.7. The first-order valence-electron chi connectivity index (χ1n) is 5.83. The SMILES string of the molecule is CCN(CC(C)C#N)S(=O)(=O)c1ccc([N+](=O)[O-])nc1. The molecule has 20 heavy (non-hydrogen) atoms. The molecule has 0 spiro atoms. The number of hydrogen-bond donors (Lipinski definition) is 0. The highest BCUT2D eigenvalue weighted by molar-refractivity contribution is 7.89. The molecule has 1 aromatic heterocycles. The number of aromatic nitrogens is 1. The third-order valence-corrected chi connectivity index (χ3v) is 4.52. The quantitative estimate of drug-likeness (QED) is 0.574. The molecule has 0 aliphatic heterocycles. The van der Waals surface area contributed by atoms with Gasteiger partial charge in [-0.25, -0.2) is 8.42 Å². The van der Waals surface area contributed by atoms with Crippen LogP contribution in [0.5, 0.6) is 0 Å². The Morgan fingerprint density at radius 2 is 2.20 bits per heavy atom. The van der Waals surface area contributed by atoms with Crippen LogP contribution in [-0.4, -0.2) is 35.7 Å². The van der Waals surface area contributed by atoms with Crippen LogP contribution >= 0.6 is 0 Å². The molecule has 0 saturated carbocycles. The van der Waals surface area contributed by atoms with Crippen molar-refractivity contribution in [3.05, 3.63) is 28.4 Å². The number of pyridine rings is 1. The van der Waals surface area contributed by atoms with Crippen LogP contribution in [0.4, 0.5) is 5.82 Å². The van der Waals surface area contributed by atoms with E-state index in [4.69, 9.17) is 5.26 Å². The van der Waals surface area contributed by atoms with Gasteiger partial charge in [-0.15, -0.1) is 0 Å². The molecule has 0 aliphatic carbocycles. The summed E-state index contributed by atoms with van der Waals surface area (Å²) in [6.07, 6.45) is 0.952. The van der Waals surface area contributed by atoms with Crippen molar-refractivity contribution in [1.82, 2.24) is 9.29 Å². The Balaban J connectivity index is 3.08. The van der Waals surface area contributed by atoms with Crippen LogP contribution in [0.3, 0.4) is 0 Å². The van der Waals surface area contributed by atoms with Gasteiger partial charge in [-0.05, 0) is 22.9 Å². The summed E-state index contributed by atoms with van der Waals surface area (Å²) in [6.45, 7) is 3.53. The smallest absolute Gasteiger partial charge is 0.358 e. The summed E-state index contributed by atoms with van der Waals surface area (Å²) in [7, 11) is -3.80. The Morgan fingerprint density at radius 1 is 1.55 bits per heavy atom. The van der Waals surface area contributed by atoms with Crippen molar-refractivity contribution in [2.45, 2.75) is 18.7 Å². The lowest BCUT2D eigenvalue weighted by atomic mass is 10.2. The molecule has 108 valence electrons. The van der Waals surface area contributed by atoms with E-state index in [9.17, 15) is 18.5 Å². The van der Waals surface area contributed by atoms with E-state index in [-0.39, 0.29) is 18.0 Å². The van der Waals surface area contributed by atoms with E-state index < -0.39 is 26.7 Å². The molecule has 1 heterocycles. The number of nitro groups is 1. The minimum Gasteiger partial charge on any atom is -0.358 e. The van der Waals surface area contributed by atoms with E-state index >= 15 is 0 Å². The molecule has 0 aliphatic rings. The zero-order chi connectivity index (χ0) is 15.3. The second-order valence-corrected chi connectivity index (χ2v) is 6.03. The first kappa shape index (κ1) is 16.0. The monoisotopic (exact) mass is 298 g/mol. The van der Waals surface area contributed by atoms with E-state index in [0.29, 0.717) is 0 Å². The first-order valence-corrected chi connectivity index (χ1v) is 7.27. The van der Waals surface area contributed by atoms with E-state index in [2.05, 4.69) is 4.98 Å². The van der Waals surface area contributed by atoms with Gasteiger partial charge in [-0.1, -0.05) is 6.92 Å². The number of nitriles is 1. The van der Waals surface area contributed by atoms with Crippen molar-refractivity contribution in [1.29, 1.82) is 5.26 Å². The second-order valence-electron chi connectivity index (χ2n) is 4.10. The fourth-order valence-electron chi connectivity index (χ4n) is 1.53. The zero-order valence-corrected chi connectivity index (χ0v) is 11.9. The normalized spacial score (nSPS) is 12.9. The molecular formula is C11H14N4O4S. The molecule has 0 bridgehead atoms. The Hall–Kier alpha value is -2.05. The van der Waals surface area contributed by atoms with Gasteiger partial charge in [0.05, 0.1) is 12.0 Å². The molecule has 8 nitrogen and oxygen atoms in total. The number of sulfonamides is 1. The van der Waals surface area contributed by atoms with Gasteiger partial charge in [0.25, 0.3) is 0 Å². The highest BCUT2D eigenvalue weighted by Gasteiger charge is 2.26. The summed E-state index contributed by atoms with van der Waals surface area (Å²) in [4.78, 5) is 13.1. The van der Waals surface area contributed by atoms with E-state index in [1.54, 1.807) is 13.8 Å². The molecule has 1 unspecified atom stereocenters. The van der Waals surface area contributed by atoms with Crippen molar-refractivity contribution < 1.29 is 13.3 Å². The standard InChI is InChI=1S/C11H14N4O4S/c1-3-14(8-9(2)6-12)20(18,19)10-4-5-11(13-7-10)15(16)17/h4-5,7,9H,3,8H2,1-2H3. The van der Waals surface area contributed by atoms with Gasteiger partial charge < -0.3 is 10.1 Å². The molecule has 0 aromatic carbocycles. The van der Waals surface area contributed by atoms with Gasteiger partial charge in [-0.2, -0.15) is 9.57 Å². The lowest BCUT2D eigenvalue weighted by Crippen LogP contribution is -2.34. The molecule has 1 rings (SSSR count). The molecule has 1 aromatic rings. The minimum absolute atomic E-state index is 0.0618. The van der Waals surface area contributed by atoms with Crippen molar-refractivity contribution in [2.24, 2.45) is 5.92 Å². The van der Waals surface area contributed by atoms with Crippen molar-refractivity contribution in [3.8, 4) is 6.07 Å². The van der Waals surface area contributed by atoms with Crippen molar-refractivity contribution in [2.75, 3.05) is 13.1 Å². The van der Waals surface area contributed by atoms with Crippen LogP contribution in [0.2, 0.25) is 0 Å².